The maximum absolute atomic E-state index is 10.7. The second-order valence-corrected chi connectivity index (χ2v) is 4.21. The van der Waals surface area contributed by atoms with Crippen LogP contribution in [0.4, 0.5) is 5.69 Å². The maximum atomic E-state index is 10.7. The first-order valence-electron chi connectivity index (χ1n) is 5.61. The minimum absolute atomic E-state index is 0.0396. The Kier molecular flexibility index (Phi) is 3.20. The van der Waals surface area contributed by atoms with E-state index < -0.39 is 5.97 Å². The third-order valence-corrected chi connectivity index (χ3v) is 2.95. The first-order chi connectivity index (χ1) is 8.52. The lowest BCUT2D eigenvalue weighted by Gasteiger charge is -2.16. The molecule has 0 bridgehead atoms. The van der Waals surface area contributed by atoms with E-state index >= 15 is 0 Å². The van der Waals surface area contributed by atoms with Gasteiger partial charge in [0.25, 0.3) is 0 Å². The van der Waals surface area contributed by atoms with Gasteiger partial charge in [0.1, 0.15) is 12.4 Å². The molecule has 6 nitrogen and oxygen atoms in total. The number of nitrogens with two attached hydrogens (primary N) is 1. The summed E-state index contributed by atoms with van der Waals surface area (Å²) in [6.45, 7) is 0.341. The molecule has 96 valence electrons. The standard InChI is InChI=1S/C12H16N4O2/c1-15(7-12(17)18)8-3-4-10-9(5-8)14-11(6-13)16(10)2/h3-5H,6-7,13H2,1-2H3,(H,17,18). The van der Waals surface area contributed by atoms with E-state index in [2.05, 4.69) is 4.98 Å². The number of rotatable bonds is 4. The van der Waals surface area contributed by atoms with Gasteiger partial charge in [-0.2, -0.15) is 0 Å². The number of likely N-dealkylation sites (N-methyl/N-ethyl adjacent to an activating group) is 1. The molecule has 0 atom stereocenters. The van der Waals surface area contributed by atoms with Gasteiger partial charge in [-0.15, -0.1) is 0 Å². The van der Waals surface area contributed by atoms with Crippen LogP contribution >= 0.6 is 0 Å². The van der Waals surface area contributed by atoms with Gasteiger partial charge < -0.3 is 20.3 Å². The molecule has 0 unspecified atom stereocenters. The van der Waals surface area contributed by atoms with Gasteiger partial charge in [-0.05, 0) is 18.2 Å². The zero-order chi connectivity index (χ0) is 13.3. The number of aliphatic carboxylic acids is 1. The van der Waals surface area contributed by atoms with Crippen LogP contribution in [0.1, 0.15) is 5.82 Å². The van der Waals surface area contributed by atoms with Crippen molar-refractivity contribution < 1.29 is 9.90 Å². The number of benzene rings is 1. The van der Waals surface area contributed by atoms with E-state index in [-0.39, 0.29) is 6.54 Å². The molecular weight excluding hydrogens is 232 g/mol. The summed E-state index contributed by atoms with van der Waals surface area (Å²) >= 11 is 0. The number of carboxylic acid groups (broad SMARTS) is 1. The van der Waals surface area contributed by atoms with Gasteiger partial charge in [-0.1, -0.05) is 0 Å². The highest BCUT2D eigenvalue weighted by Gasteiger charge is 2.10. The van der Waals surface area contributed by atoms with Crippen molar-refractivity contribution in [3.63, 3.8) is 0 Å². The molecular formula is C12H16N4O2. The van der Waals surface area contributed by atoms with Crippen LogP contribution in [0.2, 0.25) is 0 Å². The van der Waals surface area contributed by atoms with Gasteiger partial charge in [-0.3, -0.25) is 4.79 Å². The highest BCUT2D eigenvalue weighted by molar-refractivity contribution is 5.82. The smallest absolute Gasteiger partial charge is 0.323 e. The van der Waals surface area contributed by atoms with Gasteiger partial charge in [0.05, 0.1) is 17.6 Å². The van der Waals surface area contributed by atoms with Gasteiger partial charge in [0, 0.05) is 19.8 Å². The number of anilines is 1. The van der Waals surface area contributed by atoms with Crippen LogP contribution in [0.25, 0.3) is 11.0 Å². The van der Waals surface area contributed by atoms with Crippen LogP contribution in [-0.4, -0.2) is 34.2 Å². The number of aryl methyl sites for hydroxylation is 1. The number of nitrogens with zero attached hydrogens (tertiary/aromatic N) is 3. The topological polar surface area (TPSA) is 84.4 Å². The Bertz CT molecular complexity index is 591. The molecule has 0 spiro atoms. The van der Waals surface area contributed by atoms with Crippen molar-refractivity contribution >= 4 is 22.7 Å². The summed E-state index contributed by atoms with van der Waals surface area (Å²) in [5, 5.41) is 8.77. The average Bonchev–Trinajstić information content (AvgIpc) is 2.64. The third-order valence-electron chi connectivity index (χ3n) is 2.95. The van der Waals surface area contributed by atoms with Gasteiger partial charge in [-0.25, -0.2) is 4.98 Å². The molecule has 0 aliphatic carbocycles. The Morgan fingerprint density at radius 3 is 2.89 bits per heavy atom. The minimum Gasteiger partial charge on any atom is -0.480 e. The van der Waals surface area contributed by atoms with Crippen LogP contribution in [-0.2, 0) is 18.4 Å². The normalized spacial score (nSPS) is 10.8. The molecule has 2 rings (SSSR count). The van der Waals surface area contributed by atoms with Crippen LogP contribution in [0, 0.1) is 0 Å². The minimum atomic E-state index is -0.860. The molecule has 0 aliphatic heterocycles. The molecule has 2 aromatic rings. The molecule has 0 radical (unpaired) electrons. The van der Waals surface area contributed by atoms with E-state index in [4.69, 9.17) is 10.8 Å². The summed E-state index contributed by atoms with van der Waals surface area (Å²) in [5.74, 6) is -0.0516. The summed E-state index contributed by atoms with van der Waals surface area (Å²) < 4.78 is 1.94. The van der Waals surface area contributed by atoms with Crippen molar-refractivity contribution in [1.82, 2.24) is 9.55 Å². The van der Waals surface area contributed by atoms with Crippen LogP contribution < -0.4 is 10.6 Å². The van der Waals surface area contributed by atoms with E-state index in [1.54, 1.807) is 11.9 Å². The Hall–Kier alpha value is -2.08. The molecule has 0 saturated heterocycles. The van der Waals surface area contributed by atoms with E-state index in [9.17, 15) is 4.79 Å². The summed E-state index contributed by atoms with van der Waals surface area (Å²) in [4.78, 5) is 16.8. The number of fused-ring (bicyclic) bond motifs is 1. The van der Waals surface area contributed by atoms with E-state index in [0.29, 0.717) is 6.54 Å². The lowest BCUT2D eigenvalue weighted by Crippen LogP contribution is -2.24. The molecule has 6 heteroatoms. The van der Waals surface area contributed by atoms with Gasteiger partial charge >= 0.3 is 5.97 Å². The van der Waals surface area contributed by atoms with Crippen molar-refractivity contribution in [2.24, 2.45) is 12.8 Å². The van der Waals surface area contributed by atoms with E-state index in [1.807, 2.05) is 29.8 Å². The summed E-state index contributed by atoms with van der Waals surface area (Å²) in [5.41, 5.74) is 8.25. The zero-order valence-corrected chi connectivity index (χ0v) is 10.4. The van der Waals surface area contributed by atoms with Crippen LogP contribution in [0.15, 0.2) is 18.2 Å². The molecule has 1 heterocycles. The monoisotopic (exact) mass is 248 g/mol. The summed E-state index contributed by atoms with van der Waals surface area (Å²) in [6, 6.07) is 5.68. The number of carboxylic acids is 1. The second kappa shape index (κ2) is 4.66. The Labute approximate surface area is 105 Å². The quantitative estimate of drug-likeness (QED) is 0.825. The molecule has 0 amide bonds. The lowest BCUT2D eigenvalue weighted by atomic mass is 10.2. The van der Waals surface area contributed by atoms with Crippen LogP contribution in [0.5, 0.6) is 0 Å². The molecule has 3 N–H and O–H groups in total. The van der Waals surface area contributed by atoms with Gasteiger partial charge in [0.2, 0.25) is 0 Å². The molecule has 0 saturated carbocycles. The number of aromatic nitrogens is 2. The fraction of sp³-hybridized carbons (Fsp3) is 0.333. The Balaban J connectivity index is 2.41. The van der Waals surface area contributed by atoms with Crippen molar-refractivity contribution in [1.29, 1.82) is 0 Å². The number of imidazole rings is 1. The fourth-order valence-corrected chi connectivity index (χ4v) is 1.95. The second-order valence-electron chi connectivity index (χ2n) is 4.21. The predicted octanol–water partition coefficient (Wildman–Crippen LogP) is 0.553. The molecule has 0 fully saturated rings. The molecule has 1 aromatic carbocycles. The summed E-state index contributed by atoms with van der Waals surface area (Å²) in [7, 11) is 3.65. The number of hydrogen-bond acceptors (Lipinski definition) is 4. The van der Waals surface area contributed by atoms with Crippen molar-refractivity contribution in [2.75, 3.05) is 18.5 Å². The molecule has 1 aromatic heterocycles. The largest absolute Gasteiger partial charge is 0.480 e. The highest BCUT2D eigenvalue weighted by Crippen LogP contribution is 2.21. The van der Waals surface area contributed by atoms with Crippen molar-refractivity contribution in [3.05, 3.63) is 24.0 Å². The van der Waals surface area contributed by atoms with Crippen LogP contribution in [0.3, 0.4) is 0 Å². The average molecular weight is 248 g/mol. The Morgan fingerprint density at radius 1 is 1.56 bits per heavy atom. The fourth-order valence-electron chi connectivity index (χ4n) is 1.95. The van der Waals surface area contributed by atoms with Gasteiger partial charge in [0.15, 0.2) is 0 Å². The third kappa shape index (κ3) is 2.14. The first-order valence-corrected chi connectivity index (χ1v) is 5.61. The van der Waals surface area contributed by atoms with E-state index in [1.165, 1.54) is 0 Å². The molecule has 18 heavy (non-hydrogen) atoms. The zero-order valence-electron chi connectivity index (χ0n) is 10.4. The van der Waals surface area contributed by atoms with Crippen molar-refractivity contribution in [3.8, 4) is 0 Å². The number of hydrogen-bond donors (Lipinski definition) is 2. The predicted molar refractivity (Wildman–Crippen MR) is 69.5 cm³/mol. The number of carbonyl (C=O) groups is 1. The Morgan fingerprint density at radius 2 is 2.28 bits per heavy atom. The summed E-state index contributed by atoms with van der Waals surface area (Å²) in [6.07, 6.45) is 0. The first kappa shape index (κ1) is 12.4. The van der Waals surface area contributed by atoms with Crippen molar-refractivity contribution in [2.45, 2.75) is 6.54 Å². The molecule has 0 aliphatic rings. The van der Waals surface area contributed by atoms with E-state index in [0.717, 1.165) is 22.5 Å². The lowest BCUT2D eigenvalue weighted by molar-refractivity contribution is -0.135. The SMILES string of the molecule is CN(CC(=O)O)c1ccc2c(c1)nc(CN)n2C. The maximum Gasteiger partial charge on any atom is 0.323 e. The highest BCUT2D eigenvalue weighted by atomic mass is 16.4.